The van der Waals surface area contributed by atoms with Crippen LogP contribution in [-0.2, 0) is 0 Å². The first-order chi connectivity index (χ1) is 9.65. The van der Waals surface area contributed by atoms with Gasteiger partial charge in [-0.15, -0.1) is 6.42 Å². The highest BCUT2D eigenvalue weighted by Gasteiger charge is 2.26. The van der Waals surface area contributed by atoms with E-state index in [1.807, 2.05) is 30.3 Å². The summed E-state index contributed by atoms with van der Waals surface area (Å²) in [7, 11) is 0. The second-order valence-electron chi connectivity index (χ2n) is 4.69. The molecule has 2 aromatic carbocycles. The zero-order chi connectivity index (χ0) is 14.5. The molecule has 0 aliphatic rings. The topological polar surface area (TPSA) is 17.1 Å². The van der Waals surface area contributed by atoms with Crippen molar-refractivity contribution < 1.29 is 9.18 Å². The van der Waals surface area contributed by atoms with Gasteiger partial charge in [0, 0.05) is 5.92 Å². The van der Waals surface area contributed by atoms with Crippen molar-refractivity contribution >= 4 is 5.78 Å². The normalized spacial score (nSPS) is 13.2. The Balaban J connectivity index is 2.31. The van der Waals surface area contributed by atoms with Gasteiger partial charge in [0.1, 0.15) is 5.82 Å². The average Bonchev–Trinajstić information content (AvgIpc) is 2.49. The Hall–Kier alpha value is -2.40. The second kappa shape index (κ2) is 6.16. The molecule has 0 heterocycles. The van der Waals surface area contributed by atoms with E-state index in [1.165, 1.54) is 12.1 Å². The number of rotatable bonds is 4. The molecule has 0 saturated carbocycles. The van der Waals surface area contributed by atoms with Gasteiger partial charge in [0.15, 0.2) is 5.78 Å². The third kappa shape index (κ3) is 2.78. The van der Waals surface area contributed by atoms with Gasteiger partial charge in [-0.25, -0.2) is 4.39 Å². The van der Waals surface area contributed by atoms with Gasteiger partial charge in [0.05, 0.1) is 11.5 Å². The minimum atomic E-state index is -0.506. The number of carbonyl (C=O) groups excluding carboxylic acids is 1. The van der Waals surface area contributed by atoms with Crippen LogP contribution in [0.1, 0.15) is 28.8 Å². The van der Waals surface area contributed by atoms with Crippen LogP contribution in [-0.4, -0.2) is 5.78 Å². The van der Waals surface area contributed by atoms with E-state index in [-0.39, 0.29) is 17.3 Å². The highest BCUT2D eigenvalue weighted by molar-refractivity contribution is 5.98. The summed E-state index contributed by atoms with van der Waals surface area (Å²) < 4.78 is 13.7. The fourth-order valence-corrected chi connectivity index (χ4v) is 2.25. The Labute approximate surface area is 118 Å². The van der Waals surface area contributed by atoms with Crippen LogP contribution < -0.4 is 0 Å². The summed E-state index contributed by atoms with van der Waals surface area (Å²) in [5, 5.41) is 0. The number of terminal acetylenes is 1. The smallest absolute Gasteiger partial charge is 0.170 e. The maximum atomic E-state index is 13.7. The highest BCUT2D eigenvalue weighted by Crippen LogP contribution is 2.27. The SMILES string of the molecule is C#C[C@H](c1ccccc1)[C@H](C)C(=O)c1ccccc1F. The fourth-order valence-electron chi connectivity index (χ4n) is 2.25. The molecule has 100 valence electrons. The third-order valence-corrected chi connectivity index (χ3v) is 3.39. The van der Waals surface area contributed by atoms with E-state index in [0.29, 0.717) is 0 Å². The van der Waals surface area contributed by atoms with Gasteiger partial charge in [-0.05, 0) is 17.7 Å². The van der Waals surface area contributed by atoms with Crippen LogP contribution in [0.2, 0.25) is 0 Å². The maximum absolute atomic E-state index is 13.7. The Kier molecular flexibility index (Phi) is 4.32. The van der Waals surface area contributed by atoms with Gasteiger partial charge in [-0.2, -0.15) is 0 Å². The van der Waals surface area contributed by atoms with Crippen molar-refractivity contribution in [2.45, 2.75) is 12.8 Å². The van der Waals surface area contributed by atoms with E-state index in [9.17, 15) is 9.18 Å². The number of halogens is 1. The molecule has 0 N–H and O–H groups in total. The molecule has 0 amide bonds. The minimum Gasteiger partial charge on any atom is -0.294 e. The molecule has 0 aromatic heterocycles. The van der Waals surface area contributed by atoms with E-state index in [0.717, 1.165) is 5.56 Å². The van der Waals surface area contributed by atoms with Gasteiger partial charge in [-0.3, -0.25) is 4.79 Å². The summed E-state index contributed by atoms with van der Waals surface area (Å²) in [6.07, 6.45) is 5.56. The number of hydrogen-bond acceptors (Lipinski definition) is 1. The summed E-state index contributed by atoms with van der Waals surface area (Å²) in [4.78, 5) is 12.4. The number of ketones is 1. The Morgan fingerprint density at radius 1 is 1.10 bits per heavy atom. The van der Waals surface area contributed by atoms with Gasteiger partial charge < -0.3 is 0 Å². The Bertz CT molecular complexity index is 640. The lowest BCUT2D eigenvalue weighted by atomic mass is 9.83. The van der Waals surface area contributed by atoms with Gasteiger partial charge in [0.25, 0.3) is 0 Å². The number of carbonyl (C=O) groups is 1. The summed E-state index contributed by atoms with van der Waals surface area (Å²) in [6.45, 7) is 1.74. The summed E-state index contributed by atoms with van der Waals surface area (Å²) in [5.41, 5.74) is 0.989. The largest absolute Gasteiger partial charge is 0.294 e. The van der Waals surface area contributed by atoms with E-state index in [1.54, 1.807) is 19.1 Å². The number of hydrogen-bond donors (Lipinski definition) is 0. The van der Waals surface area contributed by atoms with Crippen molar-refractivity contribution in [1.82, 2.24) is 0 Å². The zero-order valence-corrected chi connectivity index (χ0v) is 11.2. The first kappa shape index (κ1) is 14.0. The predicted molar refractivity (Wildman–Crippen MR) is 77.9 cm³/mol. The van der Waals surface area contributed by atoms with Crippen molar-refractivity contribution in [3.05, 3.63) is 71.5 Å². The van der Waals surface area contributed by atoms with E-state index >= 15 is 0 Å². The standard InChI is InChI=1S/C18H15FO/c1-3-15(14-9-5-4-6-10-14)13(2)18(20)16-11-7-8-12-17(16)19/h1,4-13,15H,2H3/t13-,15-/m0/s1. The molecule has 0 bridgehead atoms. The van der Waals surface area contributed by atoms with Crippen LogP contribution in [0.5, 0.6) is 0 Å². The molecular weight excluding hydrogens is 251 g/mol. The molecule has 0 fully saturated rings. The molecule has 1 nitrogen and oxygen atoms in total. The lowest BCUT2D eigenvalue weighted by Gasteiger charge is -2.18. The van der Waals surface area contributed by atoms with Gasteiger partial charge in [0.2, 0.25) is 0 Å². The lowest BCUT2D eigenvalue weighted by molar-refractivity contribution is 0.0918. The third-order valence-electron chi connectivity index (χ3n) is 3.39. The van der Waals surface area contributed by atoms with E-state index in [2.05, 4.69) is 5.92 Å². The van der Waals surface area contributed by atoms with Crippen molar-refractivity contribution in [3.63, 3.8) is 0 Å². The van der Waals surface area contributed by atoms with Gasteiger partial charge in [-0.1, -0.05) is 55.3 Å². The van der Waals surface area contributed by atoms with Crippen LogP contribution in [0.4, 0.5) is 4.39 Å². The number of benzene rings is 2. The van der Waals surface area contributed by atoms with Gasteiger partial charge >= 0.3 is 0 Å². The molecule has 20 heavy (non-hydrogen) atoms. The molecule has 2 rings (SSSR count). The summed E-state index contributed by atoms with van der Waals surface area (Å²) >= 11 is 0. The number of Topliss-reactive ketones (excluding diaryl/α,β-unsaturated/α-hetero) is 1. The Morgan fingerprint density at radius 3 is 2.30 bits per heavy atom. The molecule has 2 atom stereocenters. The fraction of sp³-hybridized carbons (Fsp3) is 0.167. The second-order valence-corrected chi connectivity index (χ2v) is 4.69. The van der Waals surface area contributed by atoms with Crippen LogP contribution >= 0.6 is 0 Å². The van der Waals surface area contributed by atoms with Crippen LogP contribution in [0, 0.1) is 24.1 Å². The molecule has 0 aliphatic heterocycles. The summed E-state index contributed by atoms with van der Waals surface area (Å²) in [5.74, 6) is 1.04. The monoisotopic (exact) mass is 266 g/mol. The van der Waals surface area contributed by atoms with E-state index < -0.39 is 11.7 Å². The average molecular weight is 266 g/mol. The Morgan fingerprint density at radius 2 is 1.70 bits per heavy atom. The summed E-state index contributed by atoms with van der Waals surface area (Å²) in [6, 6.07) is 15.4. The molecule has 0 saturated heterocycles. The lowest BCUT2D eigenvalue weighted by Crippen LogP contribution is -2.20. The van der Waals surface area contributed by atoms with Crippen molar-refractivity contribution in [3.8, 4) is 12.3 Å². The predicted octanol–water partition coefficient (Wildman–Crippen LogP) is 4.06. The van der Waals surface area contributed by atoms with Crippen LogP contribution in [0.15, 0.2) is 54.6 Å². The molecule has 0 radical (unpaired) electrons. The maximum Gasteiger partial charge on any atom is 0.170 e. The molecule has 0 unspecified atom stereocenters. The minimum absolute atomic E-state index is 0.0937. The zero-order valence-electron chi connectivity index (χ0n) is 11.2. The van der Waals surface area contributed by atoms with Crippen molar-refractivity contribution in [2.75, 3.05) is 0 Å². The molecule has 0 aliphatic carbocycles. The van der Waals surface area contributed by atoms with Crippen LogP contribution in [0.25, 0.3) is 0 Å². The molecule has 2 heteroatoms. The molecule has 2 aromatic rings. The first-order valence-corrected chi connectivity index (χ1v) is 6.45. The quantitative estimate of drug-likeness (QED) is 0.602. The van der Waals surface area contributed by atoms with Crippen LogP contribution in [0.3, 0.4) is 0 Å². The van der Waals surface area contributed by atoms with Crippen molar-refractivity contribution in [1.29, 1.82) is 0 Å². The molecule has 0 spiro atoms. The highest BCUT2D eigenvalue weighted by atomic mass is 19.1. The van der Waals surface area contributed by atoms with E-state index in [4.69, 9.17) is 6.42 Å². The first-order valence-electron chi connectivity index (χ1n) is 6.45. The molecular formula is C18H15FO. The van der Waals surface area contributed by atoms with Crippen molar-refractivity contribution in [2.24, 2.45) is 5.92 Å².